The topological polar surface area (TPSA) is 29.5 Å². The lowest BCUT2D eigenvalue weighted by atomic mass is 10.1. The van der Waals surface area contributed by atoms with Gasteiger partial charge in [0.2, 0.25) is 0 Å². The summed E-state index contributed by atoms with van der Waals surface area (Å²) in [7, 11) is 1.62. The molecule has 0 aliphatic heterocycles. The highest BCUT2D eigenvalue weighted by molar-refractivity contribution is 5.10. The first-order valence-corrected chi connectivity index (χ1v) is 3.28. The predicted molar refractivity (Wildman–Crippen MR) is 40.6 cm³/mol. The Kier molecular flexibility index (Phi) is 4.10. The van der Waals surface area contributed by atoms with Crippen molar-refractivity contribution >= 4 is 0 Å². The van der Waals surface area contributed by atoms with Gasteiger partial charge in [-0.1, -0.05) is 11.8 Å². The Balaban J connectivity index is 3.77. The van der Waals surface area contributed by atoms with Crippen molar-refractivity contribution in [3.63, 3.8) is 0 Å². The maximum absolute atomic E-state index is 8.39. The van der Waals surface area contributed by atoms with E-state index in [4.69, 9.17) is 9.84 Å². The van der Waals surface area contributed by atoms with Gasteiger partial charge in [-0.2, -0.15) is 0 Å². The van der Waals surface area contributed by atoms with Gasteiger partial charge in [-0.05, 0) is 13.8 Å². The number of hydrogen-bond donors (Lipinski definition) is 1. The smallest absolute Gasteiger partial charge is 0.122 e. The molecule has 0 aromatic carbocycles. The first kappa shape index (κ1) is 9.48. The zero-order valence-corrected chi connectivity index (χ0v) is 6.77. The molecule has 0 rings (SSSR count). The first-order valence-electron chi connectivity index (χ1n) is 3.28. The van der Waals surface area contributed by atoms with Gasteiger partial charge >= 0.3 is 0 Å². The summed E-state index contributed by atoms with van der Waals surface area (Å²) < 4.78 is 5.03. The van der Waals surface area contributed by atoms with E-state index in [-0.39, 0.29) is 12.2 Å². The third kappa shape index (κ3) is 4.37. The Morgan fingerprint density at radius 2 is 2.10 bits per heavy atom. The van der Waals surface area contributed by atoms with Crippen LogP contribution in [-0.2, 0) is 4.74 Å². The highest BCUT2D eigenvalue weighted by Crippen LogP contribution is 2.03. The molecular formula is C8H14O2. The molecule has 0 aliphatic rings. The quantitative estimate of drug-likeness (QED) is 0.578. The fourth-order valence-corrected chi connectivity index (χ4v) is 0.382. The molecule has 10 heavy (non-hydrogen) atoms. The van der Waals surface area contributed by atoms with Crippen molar-refractivity contribution in [2.24, 2.45) is 0 Å². The summed E-state index contributed by atoms with van der Waals surface area (Å²) in [6.07, 6.45) is 0.521. The molecule has 0 bridgehead atoms. The van der Waals surface area contributed by atoms with E-state index in [1.165, 1.54) is 0 Å². The molecule has 0 atom stereocenters. The summed E-state index contributed by atoms with van der Waals surface area (Å²) in [5.74, 6) is 5.68. The molecule has 0 fully saturated rings. The molecule has 0 saturated heterocycles. The molecular weight excluding hydrogens is 128 g/mol. The van der Waals surface area contributed by atoms with Crippen molar-refractivity contribution in [3.8, 4) is 11.8 Å². The van der Waals surface area contributed by atoms with Crippen LogP contribution in [0.4, 0.5) is 0 Å². The van der Waals surface area contributed by atoms with Gasteiger partial charge in [-0.25, -0.2) is 0 Å². The molecule has 0 heterocycles. The first-order chi connectivity index (χ1) is 4.62. The average Bonchev–Trinajstić information content (AvgIpc) is 1.89. The van der Waals surface area contributed by atoms with Crippen LogP contribution in [0.2, 0.25) is 0 Å². The van der Waals surface area contributed by atoms with Gasteiger partial charge in [0.1, 0.15) is 5.60 Å². The van der Waals surface area contributed by atoms with Gasteiger partial charge in [0.25, 0.3) is 0 Å². The van der Waals surface area contributed by atoms with Gasteiger partial charge < -0.3 is 9.84 Å². The van der Waals surface area contributed by atoms with Gasteiger partial charge in [0.15, 0.2) is 0 Å². The summed E-state index contributed by atoms with van der Waals surface area (Å²) in [6.45, 7) is 3.89. The zero-order chi connectivity index (χ0) is 8.04. The van der Waals surface area contributed by atoms with Crippen molar-refractivity contribution in [1.82, 2.24) is 0 Å². The molecule has 58 valence electrons. The lowest BCUT2D eigenvalue weighted by Crippen LogP contribution is -2.19. The minimum atomic E-state index is -0.380. The summed E-state index contributed by atoms with van der Waals surface area (Å²) in [4.78, 5) is 0. The van der Waals surface area contributed by atoms with Crippen LogP contribution in [0.1, 0.15) is 20.3 Å². The maximum Gasteiger partial charge on any atom is 0.122 e. The van der Waals surface area contributed by atoms with Gasteiger partial charge in [-0.15, -0.1) is 0 Å². The Hall–Kier alpha value is -0.520. The summed E-state index contributed by atoms with van der Waals surface area (Å²) in [6, 6.07) is 0. The molecule has 0 radical (unpaired) electrons. The van der Waals surface area contributed by atoms with E-state index >= 15 is 0 Å². The van der Waals surface area contributed by atoms with Crippen LogP contribution in [0.25, 0.3) is 0 Å². The molecule has 0 aromatic rings. The maximum atomic E-state index is 8.39. The van der Waals surface area contributed by atoms with Crippen molar-refractivity contribution < 1.29 is 9.84 Å². The van der Waals surface area contributed by atoms with E-state index in [9.17, 15) is 0 Å². The van der Waals surface area contributed by atoms with Crippen LogP contribution < -0.4 is 0 Å². The number of methoxy groups -OCH3 is 1. The highest BCUT2D eigenvalue weighted by atomic mass is 16.5. The normalized spacial score (nSPS) is 10.4. The van der Waals surface area contributed by atoms with E-state index in [2.05, 4.69) is 11.8 Å². The lowest BCUT2D eigenvalue weighted by molar-refractivity contribution is 0.0740. The molecule has 2 heteroatoms. The van der Waals surface area contributed by atoms with Gasteiger partial charge in [0, 0.05) is 13.5 Å². The number of ether oxygens (including phenoxy) is 1. The lowest BCUT2D eigenvalue weighted by Gasteiger charge is -2.13. The molecule has 0 spiro atoms. The Morgan fingerprint density at radius 1 is 1.50 bits per heavy atom. The van der Waals surface area contributed by atoms with Crippen LogP contribution in [0, 0.1) is 11.8 Å². The average molecular weight is 142 g/mol. The third-order valence-electron chi connectivity index (χ3n) is 1.14. The summed E-state index contributed by atoms with van der Waals surface area (Å²) >= 11 is 0. The fraction of sp³-hybridized carbons (Fsp3) is 0.750. The van der Waals surface area contributed by atoms with E-state index in [1.54, 1.807) is 7.11 Å². The van der Waals surface area contributed by atoms with Crippen LogP contribution in [0.5, 0.6) is 0 Å². The summed E-state index contributed by atoms with van der Waals surface area (Å²) in [5, 5.41) is 8.39. The van der Waals surface area contributed by atoms with Gasteiger partial charge in [0.05, 0.1) is 6.61 Å². The second kappa shape index (κ2) is 4.32. The zero-order valence-electron chi connectivity index (χ0n) is 6.77. The minimum Gasteiger partial charge on any atom is -0.395 e. The van der Waals surface area contributed by atoms with Crippen molar-refractivity contribution in [2.45, 2.75) is 25.9 Å². The Labute approximate surface area is 62.2 Å². The molecule has 0 unspecified atom stereocenters. The number of aliphatic hydroxyl groups is 1. The summed E-state index contributed by atoms with van der Waals surface area (Å²) in [5.41, 5.74) is -0.380. The van der Waals surface area contributed by atoms with E-state index in [1.807, 2.05) is 13.8 Å². The molecule has 0 aromatic heterocycles. The Morgan fingerprint density at radius 3 is 2.50 bits per heavy atom. The number of hydrogen-bond acceptors (Lipinski definition) is 2. The third-order valence-corrected chi connectivity index (χ3v) is 1.14. The van der Waals surface area contributed by atoms with Crippen LogP contribution in [-0.4, -0.2) is 24.4 Å². The monoisotopic (exact) mass is 142 g/mol. The standard InChI is InChI=1S/C8H14O2/c1-8(2,10-3)6-4-5-7-9/h9H,5,7H2,1-3H3. The van der Waals surface area contributed by atoms with Gasteiger partial charge in [-0.3, -0.25) is 0 Å². The van der Waals surface area contributed by atoms with E-state index in [0.717, 1.165) is 0 Å². The van der Waals surface area contributed by atoms with Crippen LogP contribution >= 0.6 is 0 Å². The SMILES string of the molecule is COC(C)(C)C#CCCO. The van der Waals surface area contributed by atoms with Crippen LogP contribution in [0.15, 0.2) is 0 Å². The Bertz CT molecular complexity index is 139. The second-order valence-corrected chi connectivity index (χ2v) is 2.49. The second-order valence-electron chi connectivity index (χ2n) is 2.49. The molecule has 0 amide bonds. The van der Waals surface area contributed by atoms with Crippen molar-refractivity contribution in [3.05, 3.63) is 0 Å². The largest absolute Gasteiger partial charge is 0.395 e. The predicted octanol–water partition coefficient (Wildman–Crippen LogP) is 0.797. The highest BCUT2D eigenvalue weighted by Gasteiger charge is 2.09. The molecule has 0 aliphatic carbocycles. The van der Waals surface area contributed by atoms with Crippen molar-refractivity contribution in [1.29, 1.82) is 0 Å². The van der Waals surface area contributed by atoms with E-state index in [0.29, 0.717) is 6.42 Å². The van der Waals surface area contributed by atoms with Crippen LogP contribution in [0.3, 0.4) is 0 Å². The molecule has 1 N–H and O–H groups in total. The fourth-order valence-electron chi connectivity index (χ4n) is 0.382. The molecule has 2 nitrogen and oxygen atoms in total. The number of rotatable bonds is 2. The van der Waals surface area contributed by atoms with E-state index < -0.39 is 0 Å². The minimum absolute atomic E-state index is 0.118. The van der Waals surface area contributed by atoms with Crippen molar-refractivity contribution in [2.75, 3.05) is 13.7 Å². The molecule has 0 saturated carbocycles. The number of aliphatic hydroxyl groups excluding tert-OH is 1.